The van der Waals surface area contributed by atoms with Gasteiger partial charge in [-0.1, -0.05) is 79.6 Å². The lowest BCUT2D eigenvalue weighted by Gasteiger charge is -2.35. The monoisotopic (exact) mass is 1020 g/mol. The van der Waals surface area contributed by atoms with Gasteiger partial charge < -0.3 is 41.0 Å². The molecule has 2 aliphatic rings. The summed E-state index contributed by atoms with van der Waals surface area (Å²) < 4.78 is 66.6. The van der Waals surface area contributed by atoms with Crippen molar-refractivity contribution in [3.63, 3.8) is 0 Å². The normalized spacial score (nSPS) is 18.1. The number of carbonyl (C=O) groups excluding carboxylic acids is 7. The number of ether oxygens (including phenoxy) is 2. The molecule has 0 unspecified atom stereocenters. The average molecular weight is 1020 g/mol. The molecule has 0 bridgehead atoms. The Hall–Kier alpha value is -6.50. The van der Waals surface area contributed by atoms with Gasteiger partial charge in [0.2, 0.25) is 37.2 Å². The molecule has 0 saturated carbocycles. The van der Waals surface area contributed by atoms with Crippen LogP contribution in [0.15, 0.2) is 84.9 Å². The molecule has 2 fully saturated rings. The van der Waals surface area contributed by atoms with E-state index in [1.54, 1.807) is 0 Å². The van der Waals surface area contributed by atoms with E-state index in [4.69, 9.17) is 24.3 Å². The number of fused-ring (bicyclic) bond motifs is 2. The summed E-state index contributed by atoms with van der Waals surface area (Å²) in [4.78, 5) is 97.7. The van der Waals surface area contributed by atoms with E-state index in [0.717, 1.165) is 23.3 Å². The van der Waals surface area contributed by atoms with Gasteiger partial charge in [0, 0.05) is 28.9 Å². The molecule has 6 N–H and O–H groups in total. The number of nitrogens with two attached hydrogens (primary N) is 1. The Labute approximate surface area is 416 Å². The summed E-state index contributed by atoms with van der Waals surface area (Å²) in [5.41, 5.74) is -0.272. The molecule has 4 aromatic rings. The summed E-state index contributed by atoms with van der Waals surface area (Å²) in [7, 11) is -5.65. The maximum absolute atomic E-state index is 16.4. The predicted octanol–water partition coefficient (Wildman–Crippen LogP) is 7.23. The van der Waals surface area contributed by atoms with Crippen LogP contribution < -0.4 is 21.7 Å². The maximum Gasteiger partial charge on any atom is 0.410 e. The van der Waals surface area contributed by atoms with Crippen molar-refractivity contribution in [2.45, 2.75) is 129 Å². The Morgan fingerprint density at radius 3 is 1.90 bits per heavy atom. The summed E-state index contributed by atoms with van der Waals surface area (Å²) in [5, 5.41) is 8.65. The van der Waals surface area contributed by atoms with Crippen LogP contribution in [-0.2, 0) is 57.5 Å². The van der Waals surface area contributed by atoms with E-state index >= 15 is 8.78 Å². The number of amides is 5. The lowest BCUT2D eigenvalue weighted by atomic mass is 9.98. The molecule has 5 amide bonds. The minimum absolute atomic E-state index is 0.0660. The van der Waals surface area contributed by atoms with Gasteiger partial charge >= 0.3 is 25.2 Å². The molecule has 6 rings (SSSR count). The molecule has 388 valence electrons. The number of halogens is 2. The Bertz CT molecular complexity index is 2600. The van der Waals surface area contributed by atoms with Crippen LogP contribution in [0.25, 0.3) is 10.9 Å². The lowest BCUT2D eigenvalue weighted by molar-refractivity contribution is -0.163. The Morgan fingerprint density at radius 1 is 0.778 bits per heavy atom. The number of carbonyl (C=O) groups is 7. The van der Waals surface area contributed by atoms with Gasteiger partial charge in [0.25, 0.3) is 5.91 Å². The molecule has 2 aliphatic heterocycles. The molecule has 21 heteroatoms. The van der Waals surface area contributed by atoms with E-state index in [1.165, 1.54) is 58.6 Å². The largest absolute Gasteiger partial charge is 0.438 e. The van der Waals surface area contributed by atoms with E-state index in [2.05, 4.69) is 20.9 Å². The van der Waals surface area contributed by atoms with Crippen molar-refractivity contribution in [3.8, 4) is 0 Å². The fraction of sp³-hybridized carbons (Fsp3) is 0.471. The van der Waals surface area contributed by atoms with E-state index in [-0.39, 0.29) is 48.3 Å². The van der Waals surface area contributed by atoms with E-state index in [1.807, 2.05) is 60.7 Å². The van der Waals surface area contributed by atoms with Crippen LogP contribution in [0.1, 0.15) is 126 Å². The number of H-pyrrole nitrogens is 1. The molecular weight excluding hydrogens is 958 g/mol. The summed E-state index contributed by atoms with van der Waals surface area (Å²) in [5.74, 6) is -4.82. The van der Waals surface area contributed by atoms with Crippen molar-refractivity contribution in [1.82, 2.24) is 25.8 Å². The predicted molar refractivity (Wildman–Crippen MR) is 259 cm³/mol. The van der Waals surface area contributed by atoms with Crippen LogP contribution in [0.3, 0.4) is 0 Å². The average Bonchev–Trinajstić information content (AvgIpc) is 3.96. The Morgan fingerprint density at radius 2 is 1.35 bits per heavy atom. The second-order valence-electron chi connectivity index (χ2n) is 20.0. The van der Waals surface area contributed by atoms with Gasteiger partial charge in [0.1, 0.15) is 23.8 Å². The fourth-order valence-corrected chi connectivity index (χ4v) is 9.64. The molecule has 1 aromatic heterocycles. The molecule has 18 nitrogen and oxygen atoms in total. The first kappa shape index (κ1) is 54.8. The summed E-state index contributed by atoms with van der Waals surface area (Å²) >= 11 is 0. The molecule has 0 spiro atoms. The zero-order chi connectivity index (χ0) is 52.6. The second kappa shape index (κ2) is 22.9. The van der Waals surface area contributed by atoms with Gasteiger partial charge in [-0.05, 0) is 103 Å². The summed E-state index contributed by atoms with van der Waals surface area (Å²) in [6.07, 6.45) is 2.49. The number of hydrogen-bond donors (Lipinski definition) is 5. The third-order valence-corrected chi connectivity index (χ3v) is 14.3. The van der Waals surface area contributed by atoms with Gasteiger partial charge in [0.05, 0.1) is 16.9 Å². The standard InChI is InChI=1S/C51H63F2N6O12P/c1-49(2,3)47(65)68-29-70-72(67,71-30-69-48(66)50(4,5)6)51(52,53)34-21-23-36-33(27-34)28-39(55-36)44(62)57-38-20-14-13-19-35-22-25-40(59(35)46(38)64)45(63)56-37(24-26-41(54)60)43(61)58-42(31-15-9-7-10-16-31)32-17-11-8-12-18-32/h7-12,15-18,21,23,27-28,35,37-38,40,42,55H,13-14,19-20,22,24-26,29-30H2,1-6H3,(H2,54,60)(H,56,63)(H,57,62)(H,58,61)/t35-,37-,38-,40-/m0/s1. The molecule has 72 heavy (non-hydrogen) atoms. The highest BCUT2D eigenvalue weighted by atomic mass is 31.2. The van der Waals surface area contributed by atoms with Crippen LogP contribution in [0.4, 0.5) is 8.78 Å². The number of benzene rings is 3. The number of hydrogen-bond acceptors (Lipinski definition) is 12. The number of primary amides is 1. The highest BCUT2D eigenvalue weighted by molar-refractivity contribution is 7.54. The third kappa shape index (κ3) is 13.3. The van der Waals surface area contributed by atoms with Crippen molar-refractivity contribution in [2.24, 2.45) is 16.6 Å². The van der Waals surface area contributed by atoms with E-state index < -0.39 is 109 Å². The van der Waals surface area contributed by atoms with Crippen molar-refractivity contribution in [1.29, 1.82) is 0 Å². The summed E-state index contributed by atoms with van der Waals surface area (Å²) in [6, 6.07) is 18.5. The third-order valence-electron chi connectivity index (χ3n) is 12.4. The fourth-order valence-electron chi connectivity index (χ4n) is 8.41. The van der Waals surface area contributed by atoms with Crippen LogP contribution in [-0.4, -0.2) is 89.1 Å². The minimum Gasteiger partial charge on any atom is -0.438 e. The SMILES string of the molecule is CC(C)(C)C(=O)OCOP(=O)(OCOC(=O)C(C)(C)C)C(F)(F)c1ccc2[nH]c(C(=O)N[C@H]3CCCC[C@H]4CC[C@@H](C(=O)N[C@@H](CCC(N)=O)C(=O)NC(c5ccccc5)c5ccccc5)N4C3=O)cc2c1. The number of alkyl halides is 2. The molecular formula is C51H63F2N6O12P. The van der Waals surface area contributed by atoms with Gasteiger partial charge in [0.15, 0.2) is 0 Å². The van der Waals surface area contributed by atoms with Crippen LogP contribution in [0.5, 0.6) is 0 Å². The van der Waals surface area contributed by atoms with E-state index in [0.29, 0.717) is 25.7 Å². The molecule has 2 saturated heterocycles. The van der Waals surface area contributed by atoms with Gasteiger partial charge in [-0.3, -0.25) is 47.2 Å². The number of nitrogens with zero attached hydrogens (tertiary/aromatic N) is 1. The van der Waals surface area contributed by atoms with Crippen molar-refractivity contribution >= 4 is 60.0 Å². The Balaban J connectivity index is 1.18. The Kier molecular flexibility index (Phi) is 17.5. The zero-order valence-corrected chi connectivity index (χ0v) is 42.1. The summed E-state index contributed by atoms with van der Waals surface area (Å²) in [6.45, 7) is 6.68. The molecule has 3 heterocycles. The highest BCUT2D eigenvalue weighted by Gasteiger charge is 2.56. The number of aromatic amines is 1. The van der Waals surface area contributed by atoms with Gasteiger partial charge in [-0.2, -0.15) is 8.78 Å². The van der Waals surface area contributed by atoms with Gasteiger partial charge in [-0.25, -0.2) is 0 Å². The van der Waals surface area contributed by atoms with E-state index in [9.17, 15) is 38.1 Å². The van der Waals surface area contributed by atoms with Crippen LogP contribution in [0.2, 0.25) is 0 Å². The first-order chi connectivity index (χ1) is 33.9. The van der Waals surface area contributed by atoms with Gasteiger partial charge in [-0.15, -0.1) is 0 Å². The quantitative estimate of drug-likeness (QED) is 0.0354. The first-order valence-electron chi connectivity index (χ1n) is 23.8. The topological polar surface area (TPSA) is 255 Å². The lowest BCUT2D eigenvalue weighted by Crippen LogP contribution is -2.58. The zero-order valence-electron chi connectivity index (χ0n) is 41.2. The molecule has 4 atom stereocenters. The van der Waals surface area contributed by atoms with Crippen molar-refractivity contribution < 1.29 is 65.4 Å². The van der Waals surface area contributed by atoms with Crippen molar-refractivity contribution in [3.05, 3.63) is 107 Å². The number of aromatic nitrogens is 1. The molecule has 0 radical (unpaired) electrons. The van der Waals surface area contributed by atoms with Crippen LogP contribution >= 0.6 is 7.60 Å². The molecule has 3 aromatic carbocycles. The van der Waals surface area contributed by atoms with Crippen LogP contribution in [0, 0.1) is 10.8 Å². The maximum atomic E-state index is 16.4. The smallest absolute Gasteiger partial charge is 0.410 e. The molecule has 0 aliphatic carbocycles. The highest BCUT2D eigenvalue weighted by Crippen LogP contribution is 2.67. The van der Waals surface area contributed by atoms with Crippen molar-refractivity contribution in [2.75, 3.05) is 13.6 Å². The first-order valence-corrected chi connectivity index (χ1v) is 25.3. The minimum atomic E-state index is -5.65. The number of rotatable bonds is 19. The number of nitrogens with one attached hydrogen (secondary N) is 4. The second-order valence-corrected chi connectivity index (χ2v) is 22.1. The number of esters is 2.